The van der Waals surface area contributed by atoms with Gasteiger partial charge in [-0.05, 0) is 18.0 Å². The number of hydrogen-bond acceptors (Lipinski definition) is 2. The van der Waals surface area contributed by atoms with Crippen LogP contribution >= 0.6 is 23.4 Å². The average molecular weight is 200 g/mol. The quantitative estimate of drug-likeness (QED) is 0.649. The molecule has 63 valence electrons. The molecule has 1 radical (unpaired) electrons. The van der Waals surface area contributed by atoms with Gasteiger partial charge in [-0.25, -0.2) is 0 Å². The van der Waals surface area contributed by atoms with E-state index in [1.54, 1.807) is 0 Å². The van der Waals surface area contributed by atoms with Crippen LogP contribution in [0.1, 0.15) is 6.42 Å². The van der Waals surface area contributed by atoms with Crippen LogP contribution in [-0.2, 0) is 4.79 Å². The van der Waals surface area contributed by atoms with Gasteiger partial charge in [0.2, 0.25) is 0 Å². The Labute approximate surface area is 72.5 Å². The zero-order valence-corrected chi connectivity index (χ0v) is 7.09. The third kappa shape index (κ3) is 2.95. The van der Waals surface area contributed by atoms with E-state index in [2.05, 4.69) is 11.6 Å². The Morgan fingerprint density at radius 3 is 2.73 bits per heavy atom. The zero-order valence-electron chi connectivity index (χ0n) is 5.52. The van der Waals surface area contributed by atoms with Gasteiger partial charge in [-0.1, -0.05) is 11.8 Å². The predicted octanol–water partition coefficient (Wildman–Crippen LogP) is 2.30. The lowest BCUT2D eigenvalue weighted by molar-refractivity contribution is -0.115. The molecule has 11 heavy (non-hydrogen) atoms. The summed E-state index contributed by atoms with van der Waals surface area (Å²) in [7, 11) is 0. The van der Waals surface area contributed by atoms with Gasteiger partial charge < -0.3 is 0 Å². The molecule has 1 aliphatic heterocycles. The Morgan fingerprint density at radius 1 is 1.82 bits per heavy atom. The summed E-state index contributed by atoms with van der Waals surface area (Å²) in [5.41, 5.74) is 0. The molecular weight excluding hydrogens is 194 g/mol. The maximum Gasteiger partial charge on any atom is 0.325 e. The van der Waals surface area contributed by atoms with Gasteiger partial charge in [0.15, 0.2) is 5.12 Å². The minimum absolute atomic E-state index is 0.0119. The second kappa shape index (κ2) is 3.27. The summed E-state index contributed by atoms with van der Waals surface area (Å²) < 4.78 is 23.9. The van der Waals surface area contributed by atoms with E-state index in [4.69, 9.17) is 0 Å². The molecule has 0 aromatic heterocycles. The van der Waals surface area contributed by atoms with Crippen molar-refractivity contribution in [1.29, 1.82) is 0 Å². The van der Waals surface area contributed by atoms with Crippen molar-refractivity contribution in [2.24, 2.45) is 5.92 Å². The molecule has 0 N–H and O–H groups in total. The highest BCUT2D eigenvalue weighted by Crippen LogP contribution is 2.34. The highest BCUT2D eigenvalue weighted by Gasteiger charge is 2.33. The van der Waals surface area contributed by atoms with Gasteiger partial charge in [0, 0.05) is 18.1 Å². The molecule has 0 aliphatic carbocycles. The van der Waals surface area contributed by atoms with Crippen molar-refractivity contribution >= 4 is 28.5 Å². The molecule has 1 unspecified atom stereocenters. The molecule has 0 amide bonds. The summed E-state index contributed by atoms with van der Waals surface area (Å²) in [5, 5.41) is -3.28. The van der Waals surface area contributed by atoms with Gasteiger partial charge in [0.1, 0.15) is 0 Å². The monoisotopic (exact) mass is 199 g/mol. The van der Waals surface area contributed by atoms with E-state index in [1.165, 1.54) is 11.8 Å². The van der Waals surface area contributed by atoms with Crippen molar-refractivity contribution in [3.8, 4) is 0 Å². The van der Waals surface area contributed by atoms with Crippen LogP contribution in [0.3, 0.4) is 0 Å². The maximum absolute atomic E-state index is 12.0. The molecule has 1 rings (SSSR count). The summed E-state index contributed by atoms with van der Waals surface area (Å²) in [6.45, 7) is 0. The number of carbonyl (C=O) groups excluding carboxylic acids is 1. The van der Waals surface area contributed by atoms with Gasteiger partial charge >= 0.3 is 5.38 Å². The van der Waals surface area contributed by atoms with Crippen LogP contribution in [0.2, 0.25) is 0 Å². The maximum atomic E-state index is 12.0. The largest absolute Gasteiger partial charge is 0.325 e. The first-order valence-electron chi connectivity index (χ1n) is 3.07. The van der Waals surface area contributed by atoms with Crippen molar-refractivity contribution in [2.45, 2.75) is 11.8 Å². The van der Waals surface area contributed by atoms with Crippen LogP contribution in [0, 0.1) is 12.3 Å². The number of hydrogen-bond donors (Lipinski definition) is 0. The first kappa shape index (κ1) is 9.26. The molecule has 5 heteroatoms. The smallest absolute Gasteiger partial charge is 0.287 e. The Bertz CT molecular complexity index is 168. The number of thioether (sulfide) groups is 1. The molecule has 1 nitrogen and oxygen atoms in total. The van der Waals surface area contributed by atoms with E-state index in [9.17, 15) is 13.6 Å². The minimum atomic E-state index is -3.26. The van der Waals surface area contributed by atoms with E-state index < -0.39 is 5.38 Å². The van der Waals surface area contributed by atoms with Crippen molar-refractivity contribution in [3.05, 3.63) is 6.42 Å². The van der Waals surface area contributed by atoms with Crippen LogP contribution in [0.15, 0.2) is 0 Å². The number of halogens is 3. The minimum Gasteiger partial charge on any atom is -0.287 e. The van der Waals surface area contributed by atoms with Crippen molar-refractivity contribution in [1.82, 2.24) is 0 Å². The zero-order chi connectivity index (χ0) is 8.48. The summed E-state index contributed by atoms with van der Waals surface area (Å²) in [6, 6.07) is 0. The fraction of sp³-hybridized carbons (Fsp3) is 0.667. The third-order valence-corrected chi connectivity index (χ3v) is 2.74. The highest BCUT2D eigenvalue weighted by molar-refractivity contribution is 8.15. The molecule has 1 heterocycles. The van der Waals surface area contributed by atoms with E-state index in [1.807, 2.05) is 0 Å². The summed E-state index contributed by atoms with van der Waals surface area (Å²) in [4.78, 5) is 10.6. The molecule has 1 fully saturated rings. The van der Waals surface area contributed by atoms with Crippen LogP contribution < -0.4 is 0 Å². The van der Waals surface area contributed by atoms with Gasteiger partial charge in [-0.2, -0.15) is 8.78 Å². The summed E-state index contributed by atoms with van der Waals surface area (Å²) >= 11 is 5.77. The first-order chi connectivity index (χ1) is 4.99. The fourth-order valence-corrected chi connectivity index (χ4v) is 1.57. The Balaban J connectivity index is 2.17. The van der Waals surface area contributed by atoms with Gasteiger partial charge in [0.25, 0.3) is 0 Å². The highest BCUT2D eigenvalue weighted by atomic mass is 35.5. The second-order valence-electron chi connectivity index (χ2n) is 2.31. The molecule has 0 saturated carbocycles. The first-order valence-corrected chi connectivity index (χ1v) is 4.43. The number of alkyl halides is 3. The SMILES string of the molecule is O=C1SCC1C[CH]C(F)(F)Cl. The Morgan fingerprint density at radius 2 is 2.45 bits per heavy atom. The Hall–Kier alpha value is 0.170. The molecule has 0 spiro atoms. The third-order valence-electron chi connectivity index (χ3n) is 1.39. The van der Waals surface area contributed by atoms with Crippen LogP contribution in [0.25, 0.3) is 0 Å². The van der Waals surface area contributed by atoms with E-state index >= 15 is 0 Å². The Kier molecular flexibility index (Phi) is 2.75. The number of carbonyl (C=O) groups is 1. The predicted molar refractivity (Wildman–Crippen MR) is 40.7 cm³/mol. The molecule has 0 aromatic rings. The molecule has 1 atom stereocenters. The topological polar surface area (TPSA) is 17.1 Å². The normalized spacial score (nSPS) is 25.0. The van der Waals surface area contributed by atoms with Gasteiger partial charge in [0.05, 0.1) is 0 Å². The van der Waals surface area contributed by atoms with Crippen molar-refractivity contribution < 1.29 is 13.6 Å². The molecule has 1 saturated heterocycles. The van der Waals surface area contributed by atoms with Gasteiger partial charge in [-0.15, -0.1) is 0 Å². The van der Waals surface area contributed by atoms with Crippen LogP contribution in [-0.4, -0.2) is 16.2 Å². The molecule has 0 aromatic carbocycles. The van der Waals surface area contributed by atoms with E-state index in [0.29, 0.717) is 12.2 Å². The standard InChI is InChI=1S/C6H6ClF2OS/c7-6(8,9)2-1-4-3-11-5(4)10/h2,4H,1,3H2. The summed E-state index contributed by atoms with van der Waals surface area (Å²) in [5.74, 6) is 0.409. The van der Waals surface area contributed by atoms with E-state index in [-0.39, 0.29) is 17.5 Å². The molecule has 0 bridgehead atoms. The number of rotatable bonds is 3. The lowest BCUT2D eigenvalue weighted by atomic mass is 10.1. The second-order valence-corrected chi connectivity index (χ2v) is 3.84. The van der Waals surface area contributed by atoms with E-state index in [0.717, 1.165) is 0 Å². The van der Waals surface area contributed by atoms with Gasteiger partial charge in [-0.3, -0.25) is 4.79 Å². The van der Waals surface area contributed by atoms with Crippen molar-refractivity contribution in [3.63, 3.8) is 0 Å². The van der Waals surface area contributed by atoms with Crippen LogP contribution in [0.5, 0.6) is 0 Å². The lowest BCUT2D eigenvalue weighted by Crippen LogP contribution is -2.26. The van der Waals surface area contributed by atoms with Crippen molar-refractivity contribution in [2.75, 3.05) is 5.75 Å². The molecule has 1 aliphatic rings. The summed E-state index contributed by atoms with van der Waals surface area (Å²) in [6.07, 6.45) is 0.763. The average Bonchev–Trinajstić information content (AvgIpc) is 1.82. The van der Waals surface area contributed by atoms with Crippen LogP contribution in [0.4, 0.5) is 8.78 Å². The lowest BCUT2D eigenvalue weighted by Gasteiger charge is -2.22. The molecular formula is C6H6ClF2OS. The fourth-order valence-electron chi connectivity index (χ4n) is 0.709.